The molecule has 0 spiro atoms. The number of pyridine rings is 2. The summed E-state index contributed by atoms with van der Waals surface area (Å²) in [6, 6.07) is 33.7. The molecule has 4 heteroatoms. The average molecular weight is 519 g/mol. The Morgan fingerprint density at radius 1 is 0.625 bits per heavy atom. The molecule has 4 aromatic carbocycles. The Bertz CT molecular complexity index is 2110. The summed E-state index contributed by atoms with van der Waals surface area (Å²) in [5, 5.41) is 3.25. The normalized spacial score (nSPS) is 12.8. The number of furan rings is 1. The van der Waals surface area contributed by atoms with Crippen molar-refractivity contribution in [3.63, 3.8) is 0 Å². The zero-order chi connectivity index (χ0) is 26.6. The number of hydrogen-bond acceptors (Lipinski definition) is 3. The molecule has 0 saturated carbocycles. The molecule has 0 amide bonds. The zero-order valence-electron chi connectivity index (χ0n) is 21.6. The van der Waals surface area contributed by atoms with Crippen molar-refractivity contribution in [1.82, 2.24) is 9.97 Å². The third kappa shape index (κ3) is 3.72. The average Bonchev–Trinajstić information content (AvgIpc) is 3.40. The van der Waals surface area contributed by atoms with Gasteiger partial charge in [-0.15, -0.1) is 0 Å². The van der Waals surface area contributed by atoms with Gasteiger partial charge in [-0.05, 0) is 60.9 Å². The second-order valence-corrected chi connectivity index (χ2v) is 10.3. The predicted octanol–water partition coefficient (Wildman–Crippen LogP) is 9.63. The molecule has 0 aliphatic heterocycles. The summed E-state index contributed by atoms with van der Waals surface area (Å²) in [7, 11) is 0. The molecule has 0 N–H and O–H groups in total. The Labute approximate surface area is 230 Å². The second-order valence-electron chi connectivity index (χ2n) is 10.3. The molecule has 3 heterocycles. The number of aryl methyl sites for hydroxylation is 1. The molecular weight excluding hydrogens is 495 g/mol. The lowest BCUT2D eigenvalue weighted by Gasteiger charge is -2.09. The van der Waals surface area contributed by atoms with Crippen molar-refractivity contribution in [2.75, 3.05) is 0 Å². The molecule has 0 fully saturated rings. The molecule has 0 radical (unpaired) electrons. The van der Waals surface area contributed by atoms with E-state index in [4.69, 9.17) is 14.4 Å². The molecule has 7 aromatic rings. The number of nitrogens with zero attached hydrogens (tertiary/aromatic N) is 2. The molecule has 0 bridgehead atoms. The van der Waals surface area contributed by atoms with Gasteiger partial charge >= 0.3 is 0 Å². The number of benzene rings is 4. The van der Waals surface area contributed by atoms with Crippen molar-refractivity contribution in [2.24, 2.45) is 0 Å². The Morgan fingerprint density at radius 3 is 1.90 bits per heavy atom. The zero-order valence-corrected chi connectivity index (χ0v) is 21.6. The molecule has 0 saturated heterocycles. The van der Waals surface area contributed by atoms with Crippen LogP contribution in [-0.2, 0) is 6.42 Å². The van der Waals surface area contributed by atoms with Gasteiger partial charge in [0.25, 0.3) is 0 Å². The first-order chi connectivity index (χ1) is 19.7. The third-order valence-corrected chi connectivity index (χ3v) is 7.83. The summed E-state index contributed by atoms with van der Waals surface area (Å²) < 4.78 is 19.8. The van der Waals surface area contributed by atoms with Crippen molar-refractivity contribution in [2.45, 2.75) is 12.8 Å². The van der Waals surface area contributed by atoms with Crippen molar-refractivity contribution < 1.29 is 8.81 Å². The second kappa shape index (κ2) is 8.99. The number of rotatable bonds is 3. The van der Waals surface area contributed by atoms with Crippen LogP contribution < -0.4 is 0 Å². The Balaban J connectivity index is 1.20. The molecule has 3 aromatic heterocycles. The van der Waals surface area contributed by atoms with E-state index in [1.807, 2.05) is 12.1 Å². The lowest BCUT2D eigenvalue weighted by molar-refractivity contribution is 0.596. The topological polar surface area (TPSA) is 38.9 Å². The number of para-hydroxylation sites is 1. The number of hydrogen-bond donors (Lipinski definition) is 0. The molecule has 3 nitrogen and oxygen atoms in total. The SMILES string of the molecule is Fc1ccc(-c2ccc3ccc4ccc(-c5ccc(-c6cccc7c8c(oc67)C=CCC8)cc5)nc4c3n2)cc1. The number of aromatic nitrogens is 2. The van der Waals surface area contributed by atoms with E-state index >= 15 is 0 Å². The monoisotopic (exact) mass is 518 g/mol. The maximum absolute atomic E-state index is 13.5. The molecule has 40 heavy (non-hydrogen) atoms. The lowest BCUT2D eigenvalue weighted by Crippen LogP contribution is -1.91. The van der Waals surface area contributed by atoms with E-state index in [1.165, 1.54) is 23.1 Å². The van der Waals surface area contributed by atoms with E-state index < -0.39 is 0 Å². The lowest BCUT2D eigenvalue weighted by atomic mass is 9.97. The van der Waals surface area contributed by atoms with E-state index in [1.54, 1.807) is 12.1 Å². The smallest absolute Gasteiger partial charge is 0.142 e. The highest BCUT2D eigenvalue weighted by molar-refractivity contribution is 6.04. The highest BCUT2D eigenvalue weighted by Gasteiger charge is 2.17. The predicted molar refractivity (Wildman–Crippen MR) is 160 cm³/mol. The van der Waals surface area contributed by atoms with Gasteiger partial charge in [0.05, 0.1) is 22.4 Å². The van der Waals surface area contributed by atoms with E-state index in [0.717, 1.165) is 79.6 Å². The number of fused-ring (bicyclic) bond motifs is 6. The van der Waals surface area contributed by atoms with E-state index in [9.17, 15) is 4.39 Å². The van der Waals surface area contributed by atoms with Crippen LogP contribution in [0.5, 0.6) is 0 Å². The maximum Gasteiger partial charge on any atom is 0.142 e. The molecule has 0 unspecified atom stereocenters. The van der Waals surface area contributed by atoms with Crippen molar-refractivity contribution in [1.29, 1.82) is 0 Å². The highest BCUT2D eigenvalue weighted by atomic mass is 19.1. The Hall–Kier alpha value is -5.09. The summed E-state index contributed by atoms with van der Waals surface area (Å²) in [6.07, 6.45) is 6.35. The van der Waals surface area contributed by atoms with Gasteiger partial charge < -0.3 is 4.42 Å². The van der Waals surface area contributed by atoms with E-state index in [2.05, 4.69) is 78.9 Å². The molecule has 0 atom stereocenters. The summed E-state index contributed by atoms with van der Waals surface area (Å²) in [4.78, 5) is 10.0. The van der Waals surface area contributed by atoms with Gasteiger partial charge in [0.2, 0.25) is 0 Å². The summed E-state index contributed by atoms with van der Waals surface area (Å²) in [5.41, 5.74) is 9.73. The van der Waals surface area contributed by atoms with Gasteiger partial charge in [0, 0.05) is 38.4 Å². The first-order valence-corrected chi connectivity index (χ1v) is 13.5. The van der Waals surface area contributed by atoms with Crippen molar-refractivity contribution in [3.05, 3.63) is 126 Å². The minimum absolute atomic E-state index is 0.260. The standard InChI is InChI=1S/C36H23FN2O/c37-27-18-14-24(15-19-27)32-21-17-26-13-12-25-16-20-31(38-34(25)35(26)39-32)23-10-8-22(9-11-23)28-5-3-6-30-29-4-1-2-7-33(29)40-36(28)30/h2-3,5-21H,1,4H2. The molecule has 190 valence electrons. The molecule has 1 aliphatic rings. The van der Waals surface area contributed by atoms with Gasteiger partial charge in [-0.1, -0.05) is 72.8 Å². The Morgan fingerprint density at radius 2 is 1.23 bits per heavy atom. The molecular formula is C36H23FN2O. The number of allylic oxidation sites excluding steroid dienone is 1. The maximum atomic E-state index is 13.5. The third-order valence-electron chi connectivity index (χ3n) is 7.83. The van der Waals surface area contributed by atoms with Gasteiger partial charge in [-0.2, -0.15) is 0 Å². The largest absolute Gasteiger partial charge is 0.456 e. The van der Waals surface area contributed by atoms with Crippen LogP contribution >= 0.6 is 0 Å². The van der Waals surface area contributed by atoms with Crippen LogP contribution in [0.15, 0.2) is 114 Å². The van der Waals surface area contributed by atoms with Gasteiger partial charge in [0.15, 0.2) is 0 Å². The summed E-state index contributed by atoms with van der Waals surface area (Å²) in [6.45, 7) is 0. The minimum atomic E-state index is -0.260. The minimum Gasteiger partial charge on any atom is -0.456 e. The highest BCUT2D eigenvalue weighted by Crippen LogP contribution is 2.37. The fourth-order valence-corrected chi connectivity index (χ4v) is 5.76. The first-order valence-electron chi connectivity index (χ1n) is 13.5. The molecule has 1 aliphatic carbocycles. The van der Waals surface area contributed by atoms with Crippen LogP contribution in [0, 0.1) is 5.82 Å². The van der Waals surface area contributed by atoms with Crippen molar-refractivity contribution in [3.8, 4) is 33.6 Å². The van der Waals surface area contributed by atoms with E-state index in [0.29, 0.717) is 0 Å². The van der Waals surface area contributed by atoms with Crippen LogP contribution in [-0.4, -0.2) is 9.97 Å². The van der Waals surface area contributed by atoms with Gasteiger partial charge in [-0.3, -0.25) is 0 Å². The van der Waals surface area contributed by atoms with Gasteiger partial charge in [0.1, 0.15) is 17.2 Å². The van der Waals surface area contributed by atoms with Gasteiger partial charge in [-0.25, -0.2) is 14.4 Å². The van der Waals surface area contributed by atoms with Crippen LogP contribution in [0.2, 0.25) is 0 Å². The molecule has 8 rings (SSSR count). The van der Waals surface area contributed by atoms with E-state index in [-0.39, 0.29) is 5.82 Å². The van der Waals surface area contributed by atoms with Crippen LogP contribution in [0.4, 0.5) is 4.39 Å². The van der Waals surface area contributed by atoms with Crippen LogP contribution in [0.3, 0.4) is 0 Å². The quantitative estimate of drug-likeness (QED) is 0.219. The van der Waals surface area contributed by atoms with Crippen LogP contribution in [0.25, 0.3) is 72.5 Å². The summed E-state index contributed by atoms with van der Waals surface area (Å²) >= 11 is 0. The first kappa shape index (κ1) is 22.9. The summed E-state index contributed by atoms with van der Waals surface area (Å²) in [5.74, 6) is 0.721. The van der Waals surface area contributed by atoms with Crippen LogP contribution in [0.1, 0.15) is 17.7 Å². The fourth-order valence-electron chi connectivity index (χ4n) is 5.76. The van der Waals surface area contributed by atoms with Crippen molar-refractivity contribution >= 4 is 38.9 Å². The Kier molecular flexibility index (Phi) is 5.14. The fraction of sp³-hybridized carbons (Fsp3) is 0.0556. The number of halogens is 1.